The van der Waals surface area contributed by atoms with Crippen LogP contribution in [0.4, 0.5) is 0 Å². The van der Waals surface area contributed by atoms with Gasteiger partial charge in [0, 0.05) is 18.5 Å². The van der Waals surface area contributed by atoms with Crippen LogP contribution in [-0.2, 0) is 9.53 Å². The van der Waals surface area contributed by atoms with Crippen molar-refractivity contribution in [1.29, 1.82) is 0 Å². The largest absolute Gasteiger partial charge is 0.468 e. The Balaban J connectivity index is 2.16. The molecule has 4 nitrogen and oxygen atoms in total. The van der Waals surface area contributed by atoms with E-state index in [1.165, 1.54) is 32.8 Å². The summed E-state index contributed by atoms with van der Waals surface area (Å²) in [6.45, 7) is 3.96. The summed E-state index contributed by atoms with van der Waals surface area (Å²) >= 11 is 0. The SMILES string of the molecule is CCC1CNCCC1(NC1CCCC1)C(=O)OC. The van der Waals surface area contributed by atoms with E-state index in [0.717, 1.165) is 25.9 Å². The smallest absolute Gasteiger partial charge is 0.326 e. The van der Waals surface area contributed by atoms with Crippen molar-refractivity contribution in [1.82, 2.24) is 10.6 Å². The van der Waals surface area contributed by atoms with Crippen molar-refractivity contribution in [3.8, 4) is 0 Å². The topological polar surface area (TPSA) is 50.4 Å². The molecule has 1 aliphatic heterocycles. The molecule has 1 heterocycles. The predicted molar refractivity (Wildman–Crippen MR) is 71.4 cm³/mol. The molecule has 1 saturated carbocycles. The zero-order valence-corrected chi connectivity index (χ0v) is 11.6. The van der Waals surface area contributed by atoms with Gasteiger partial charge in [-0.05, 0) is 32.2 Å². The van der Waals surface area contributed by atoms with E-state index in [0.29, 0.717) is 12.0 Å². The van der Waals surface area contributed by atoms with Crippen LogP contribution >= 0.6 is 0 Å². The van der Waals surface area contributed by atoms with Crippen molar-refractivity contribution >= 4 is 5.97 Å². The molecule has 0 radical (unpaired) electrons. The molecular weight excluding hydrogens is 228 g/mol. The van der Waals surface area contributed by atoms with E-state index in [1.54, 1.807) is 0 Å². The second-order valence-electron chi connectivity index (χ2n) is 5.65. The number of methoxy groups -OCH3 is 1. The van der Waals surface area contributed by atoms with Gasteiger partial charge in [0.2, 0.25) is 0 Å². The van der Waals surface area contributed by atoms with Crippen LogP contribution in [0.2, 0.25) is 0 Å². The number of rotatable bonds is 4. The molecule has 104 valence electrons. The first-order chi connectivity index (χ1) is 8.73. The normalized spacial score (nSPS) is 33.6. The molecule has 1 saturated heterocycles. The summed E-state index contributed by atoms with van der Waals surface area (Å²) in [6, 6.07) is 0.497. The summed E-state index contributed by atoms with van der Waals surface area (Å²) in [5, 5.41) is 7.07. The van der Waals surface area contributed by atoms with Crippen molar-refractivity contribution < 1.29 is 9.53 Å². The minimum absolute atomic E-state index is 0.0669. The first-order valence-electron chi connectivity index (χ1n) is 7.29. The fraction of sp³-hybridized carbons (Fsp3) is 0.929. The molecule has 2 atom stereocenters. The number of carbonyl (C=O) groups is 1. The van der Waals surface area contributed by atoms with E-state index < -0.39 is 5.54 Å². The van der Waals surface area contributed by atoms with Crippen molar-refractivity contribution in [2.75, 3.05) is 20.2 Å². The maximum Gasteiger partial charge on any atom is 0.326 e. The van der Waals surface area contributed by atoms with E-state index >= 15 is 0 Å². The average Bonchev–Trinajstić information content (AvgIpc) is 2.91. The predicted octanol–water partition coefficient (Wildman–Crippen LogP) is 1.45. The Morgan fingerprint density at radius 1 is 1.44 bits per heavy atom. The lowest BCUT2D eigenvalue weighted by Crippen LogP contribution is -2.65. The van der Waals surface area contributed by atoms with Gasteiger partial charge in [-0.2, -0.15) is 0 Å². The van der Waals surface area contributed by atoms with Gasteiger partial charge in [-0.1, -0.05) is 19.8 Å². The second-order valence-corrected chi connectivity index (χ2v) is 5.65. The summed E-state index contributed by atoms with van der Waals surface area (Å²) < 4.78 is 5.11. The average molecular weight is 254 g/mol. The molecule has 0 aromatic rings. The van der Waals surface area contributed by atoms with E-state index in [-0.39, 0.29) is 5.97 Å². The van der Waals surface area contributed by atoms with Crippen LogP contribution < -0.4 is 10.6 Å². The van der Waals surface area contributed by atoms with Crippen LogP contribution in [-0.4, -0.2) is 37.7 Å². The van der Waals surface area contributed by atoms with Gasteiger partial charge >= 0.3 is 5.97 Å². The Hall–Kier alpha value is -0.610. The van der Waals surface area contributed by atoms with Crippen molar-refractivity contribution in [2.45, 2.75) is 57.0 Å². The molecule has 4 heteroatoms. The van der Waals surface area contributed by atoms with Crippen LogP contribution in [0.5, 0.6) is 0 Å². The lowest BCUT2D eigenvalue weighted by atomic mass is 9.76. The third-order valence-corrected chi connectivity index (χ3v) is 4.64. The molecule has 1 aliphatic carbocycles. The van der Waals surface area contributed by atoms with Gasteiger partial charge in [-0.15, -0.1) is 0 Å². The number of ether oxygens (including phenoxy) is 1. The molecule has 2 aliphatic rings. The summed E-state index contributed by atoms with van der Waals surface area (Å²) in [5.74, 6) is 0.266. The quantitative estimate of drug-likeness (QED) is 0.746. The third kappa shape index (κ3) is 2.54. The van der Waals surface area contributed by atoms with Gasteiger partial charge in [-0.25, -0.2) is 0 Å². The van der Waals surface area contributed by atoms with Gasteiger partial charge in [0.1, 0.15) is 5.54 Å². The molecule has 0 aromatic heterocycles. The molecule has 2 fully saturated rings. The van der Waals surface area contributed by atoms with Crippen LogP contribution in [0.15, 0.2) is 0 Å². The Kier molecular flexibility index (Phi) is 4.62. The summed E-state index contributed by atoms with van der Waals surface area (Å²) in [5.41, 5.74) is -0.455. The maximum absolute atomic E-state index is 12.3. The molecule has 2 rings (SSSR count). The van der Waals surface area contributed by atoms with Crippen molar-refractivity contribution in [2.24, 2.45) is 5.92 Å². The number of nitrogens with one attached hydrogen (secondary N) is 2. The second kappa shape index (κ2) is 6.02. The molecule has 0 bridgehead atoms. The fourth-order valence-electron chi connectivity index (χ4n) is 3.57. The van der Waals surface area contributed by atoms with E-state index in [1.807, 2.05) is 0 Å². The Morgan fingerprint density at radius 3 is 2.78 bits per heavy atom. The maximum atomic E-state index is 12.3. The number of esters is 1. The zero-order chi connectivity index (χ0) is 13.0. The highest BCUT2D eigenvalue weighted by Gasteiger charge is 2.48. The molecular formula is C14H26N2O2. The van der Waals surface area contributed by atoms with Gasteiger partial charge in [-0.3, -0.25) is 10.1 Å². The van der Waals surface area contributed by atoms with E-state index in [2.05, 4.69) is 17.6 Å². The number of piperidine rings is 1. The van der Waals surface area contributed by atoms with Crippen molar-refractivity contribution in [3.63, 3.8) is 0 Å². The highest BCUT2D eigenvalue weighted by Crippen LogP contribution is 2.31. The summed E-state index contributed by atoms with van der Waals surface area (Å²) in [6.07, 6.45) is 6.80. The molecule has 2 N–H and O–H groups in total. The van der Waals surface area contributed by atoms with Crippen molar-refractivity contribution in [3.05, 3.63) is 0 Å². The van der Waals surface area contributed by atoms with Gasteiger partial charge in [0.15, 0.2) is 0 Å². The van der Waals surface area contributed by atoms with Gasteiger partial charge < -0.3 is 10.1 Å². The monoisotopic (exact) mass is 254 g/mol. The molecule has 0 spiro atoms. The lowest BCUT2D eigenvalue weighted by molar-refractivity contribution is -0.153. The Bertz CT molecular complexity index is 290. The molecule has 2 unspecified atom stereocenters. The fourth-order valence-corrected chi connectivity index (χ4v) is 3.57. The number of carbonyl (C=O) groups excluding carboxylic acids is 1. The lowest BCUT2D eigenvalue weighted by Gasteiger charge is -2.44. The third-order valence-electron chi connectivity index (χ3n) is 4.64. The Morgan fingerprint density at radius 2 is 2.17 bits per heavy atom. The number of hydrogen-bond donors (Lipinski definition) is 2. The zero-order valence-electron chi connectivity index (χ0n) is 11.6. The standard InChI is InChI=1S/C14H26N2O2/c1-3-11-10-15-9-8-14(11,13(17)18-2)16-12-6-4-5-7-12/h11-12,15-16H,3-10H2,1-2H3. The van der Waals surface area contributed by atoms with Crippen LogP contribution in [0, 0.1) is 5.92 Å². The van der Waals surface area contributed by atoms with E-state index in [9.17, 15) is 4.79 Å². The molecule has 0 aromatic carbocycles. The van der Waals surface area contributed by atoms with E-state index in [4.69, 9.17) is 4.74 Å². The summed E-state index contributed by atoms with van der Waals surface area (Å²) in [4.78, 5) is 12.3. The minimum Gasteiger partial charge on any atom is -0.468 e. The minimum atomic E-state index is -0.455. The van der Waals surface area contributed by atoms with Crippen LogP contribution in [0.25, 0.3) is 0 Å². The highest BCUT2D eigenvalue weighted by atomic mass is 16.5. The first-order valence-corrected chi connectivity index (χ1v) is 7.29. The van der Waals surface area contributed by atoms with Crippen LogP contribution in [0.1, 0.15) is 45.4 Å². The Labute approximate surface area is 110 Å². The number of hydrogen-bond acceptors (Lipinski definition) is 4. The first kappa shape index (κ1) is 13.8. The molecule has 18 heavy (non-hydrogen) atoms. The van der Waals surface area contributed by atoms with Crippen LogP contribution in [0.3, 0.4) is 0 Å². The summed E-state index contributed by atoms with van der Waals surface area (Å²) in [7, 11) is 1.51. The highest BCUT2D eigenvalue weighted by molar-refractivity contribution is 5.81. The van der Waals surface area contributed by atoms with Gasteiger partial charge in [0.05, 0.1) is 7.11 Å². The van der Waals surface area contributed by atoms with Gasteiger partial charge in [0.25, 0.3) is 0 Å². The molecule has 0 amide bonds.